The van der Waals surface area contributed by atoms with Crippen LogP contribution in [0.15, 0.2) is 60.8 Å². The minimum Gasteiger partial charge on any atom is -0.480 e. The summed E-state index contributed by atoms with van der Waals surface area (Å²) in [5.41, 5.74) is 0. The van der Waals surface area contributed by atoms with Crippen LogP contribution in [0.5, 0.6) is 0 Å². The van der Waals surface area contributed by atoms with Crippen molar-refractivity contribution in [3.8, 4) is 0 Å². The number of phosphoric acid groups is 1. The fraction of sp³-hybridized carbons (Fsp3) is 0.729. The van der Waals surface area contributed by atoms with Gasteiger partial charge in [0.15, 0.2) is 6.04 Å². The standard InChI is InChI=1S/C48H84NO10P/c1-3-5-7-9-11-13-15-17-19-21-22-24-26-28-30-32-34-36-38-40-47(52)57-41-44(50)42-58-60(55,56)59-43-45(48(53)54)49-46(51)39-37-35-33-31-29-27-25-23-20-18-16-14-12-10-8-6-4-2/h11-14,17-20,22,24,44-45,50H,3-10,15-16,21,23,25-43H2,1-2H3,(H,49,51)(H,53,54)(H,55,56)/b13-11-,14-12-,19-17-,20-18-,24-22-. The lowest BCUT2D eigenvalue weighted by Gasteiger charge is -2.18. The summed E-state index contributed by atoms with van der Waals surface area (Å²) in [6.45, 7) is 2.52. The van der Waals surface area contributed by atoms with Crippen LogP contribution < -0.4 is 5.32 Å². The molecule has 3 unspecified atom stereocenters. The molecule has 346 valence electrons. The highest BCUT2D eigenvalue weighted by atomic mass is 31.2. The molecule has 0 bridgehead atoms. The molecule has 4 N–H and O–H groups in total. The van der Waals surface area contributed by atoms with Crippen LogP contribution in [0.2, 0.25) is 0 Å². The van der Waals surface area contributed by atoms with Gasteiger partial charge in [-0.2, -0.15) is 0 Å². The highest BCUT2D eigenvalue weighted by Crippen LogP contribution is 2.43. The van der Waals surface area contributed by atoms with Gasteiger partial charge in [0.05, 0.1) is 13.2 Å². The summed E-state index contributed by atoms with van der Waals surface area (Å²) in [5.74, 6) is -2.40. The molecule has 0 saturated heterocycles. The average Bonchev–Trinajstić information content (AvgIpc) is 3.22. The first-order chi connectivity index (χ1) is 29.1. The number of nitrogens with one attached hydrogen (secondary N) is 1. The molecule has 3 atom stereocenters. The molecule has 0 aliphatic heterocycles. The topological polar surface area (TPSA) is 169 Å². The van der Waals surface area contributed by atoms with Crippen LogP contribution in [-0.2, 0) is 32.7 Å². The van der Waals surface area contributed by atoms with E-state index in [9.17, 15) is 34.1 Å². The van der Waals surface area contributed by atoms with E-state index >= 15 is 0 Å². The van der Waals surface area contributed by atoms with Crippen LogP contribution in [0.4, 0.5) is 0 Å². The number of hydrogen-bond acceptors (Lipinski definition) is 8. The smallest absolute Gasteiger partial charge is 0.472 e. The van der Waals surface area contributed by atoms with Crippen molar-refractivity contribution in [3.05, 3.63) is 60.8 Å². The third-order valence-electron chi connectivity index (χ3n) is 9.78. The summed E-state index contributed by atoms with van der Waals surface area (Å²) in [6.07, 6.45) is 49.4. The minimum absolute atomic E-state index is 0.134. The van der Waals surface area contributed by atoms with E-state index in [0.29, 0.717) is 12.8 Å². The van der Waals surface area contributed by atoms with Crippen LogP contribution in [0.25, 0.3) is 0 Å². The molecule has 0 aromatic rings. The van der Waals surface area contributed by atoms with Gasteiger partial charge in [-0.1, -0.05) is 158 Å². The Balaban J connectivity index is 3.91. The molecule has 0 rings (SSSR count). The SMILES string of the molecule is CCCCC/C=C\C/C=C\C/C=C\CCCCCCCCC(=O)OCC(O)COP(=O)(O)OCC(NC(=O)CCCCCCCCC/C=C\C/C=C\CCCCC)C(=O)O. The lowest BCUT2D eigenvalue weighted by molar-refractivity contribution is -0.147. The van der Waals surface area contributed by atoms with Gasteiger partial charge < -0.3 is 25.2 Å². The molecule has 0 aliphatic carbocycles. The largest absolute Gasteiger partial charge is 0.480 e. The van der Waals surface area contributed by atoms with E-state index in [1.165, 1.54) is 57.8 Å². The molecule has 0 spiro atoms. The van der Waals surface area contributed by atoms with E-state index in [-0.39, 0.29) is 12.8 Å². The van der Waals surface area contributed by atoms with Crippen LogP contribution in [0, 0.1) is 0 Å². The van der Waals surface area contributed by atoms with Crippen molar-refractivity contribution in [2.24, 2.45) is 0 Å². The highest BCUT2D eigenvalue weighted by Gasteiger charge is 2.28. The van der Waals surface area contributed by atoms with Gasteiger partial charge in [0.1, 0.15) is 12.7 Å². The van der Waals surface area contributed by atoms with Crippen molar-refractivity contribution in [1.82, 2.24) is 5.32 Å². The van der Waals surface area contributed by atoms with Gasteiger partial charge in [-0.3, -0.25) is 18.6 Å². The number of amides is 1. The molecule has 0 aromatic carbocycles. The molecule has 0 aliphatic rings. The zero-order valence-electron chi connectivity index (χ0n) is 37.5. The number of rotatable bonds is 43. The Kier molecular flexibility index (Phi) is 40.8. The van der Waals surface area contributed by atoms with Crippen LogP contribution in [-0.4, -0.2) is 64.9 Å². The predicted molar refractivity (Wildman–Crippen MR) is 245 cm³/mol. The zero-order chi connectivity index (χ0) is 44.2. The average molecular weight is 866 g/mol. The first-order valence-corrected chi connectivity index (χ1v) is 24.8. The quantitative estimate of drug-likeness (QED) is 0.0200. The first kappa shape index (κ1) is 57.2. The maximum Gasteiger partial charge on any atom is 0.472 e. The van der Waals surface area contributed by atoms with E-state index < -0.39 is 57.6 Å². The summed E-state index contributed by atoms with van der Waals surface area (Å²) in [4.78, 5) is 46.0. The molecule has 12 heteroatoms. The van der Waals surface area contributed by atoms with E-state index in [2.05, 4.69) is 79.9 Å². The first-order valence-electron chi connectivity index (χ1n) is 23.3. The molecule has 0 fully saturated rings. The van der Waals surface area contributed by atoms with Gasteiger partial charge >= 0.3 is 19.8 Å². The second-order valence-corrected chi connectivity index (χ2v) is 17.0. The van der Waals surface area contributed by atoms with E-state index in [4.69, 9.17) is 13.8 Å². The number of carboxylic acids is 1. The number of carboxylic acid groups (broad SMARTS) is 1. The lowest BCUT2D eigenvalue weighted by atomic mass is 10.1. The molecule has 11 nitrogen and oxygen atoms in total. The summed E-state index contributed by atoms with van der Waals surface area (Å²) >= 11 is 0. The Morgan fingerprint density at radius 1 is 0.533 bits per heavy atom. The van der Waals surface area contributed by atoms with Gasteiger partial charge in [-0.25, -0.2) is 9.36 Å². The van der Waals surface area contributed by atoms with E-state index in [1.54, 1.807) is 0 Å². The second-order valence-electron chi connectivity index (χ2n) is 15.6. The van der Waals surface area contributed by atoms with Crippen molar-refractivity contribution in [2.75, 3.05) is 19.8 Å². The number of carbonyl (C=O) groups excluding carboxylic acids is 2. The summed E-state index contributed by atoms with van der Waals surface area (Å²) in [5, 5.41) is 21.9. The van der Waals surface area contributed by atoms with Crippen LogP contribution in [0.1, 0.15) is 194 Å². The predicted octanol–water partition coefficient (Wildman–Crippen LogP) is 12.3. The molecule has 60 heavy (non-hydrogen) atoms. The third kappa shape index (κ3) is 41.9. The lowest BCUT2D eigenvalue weighted by Crippen LogP contribution is -2.43. The normalized spacial score (nSPS) is 14.2. The van der Waals surface area contributed by atoms with Gasteiger partial charge in [0, 0.05) is 12.8 Å². The minimum atomic E-state index is -4.77. The Morgan fingerprint density at radius 3 is 1.37 bits per heavy atom. The summed E-state index contributed by atoms with van der Waals surface area (Å²) in [6, 6.07) is -1.55. The maximum atomic E-state index is 12.3. The number of allylic oxidation sites excluding steroid dienone is 10. The maximum absolute atomic E-state index is 12.3. The number of carbonyl (C=O) groups is 3. The molecular weight excluding hydrogens is 781 g/mol. The van der Waals surface area contributed by atoms with E-state index in [1.807, 2.05) is 0 Å². The third-order valence-corrected chi connectivity index (χ3v) is 10.7. The van der Waals surface area contributed by atoms with Crippen molar-refractivity contribution in [1.29, 1.82) is 0 Å². The van der Waals surface area contributed by atoms with Gasteiger partial charge in [0.25, 0.3) is 0 Å². The molecular formula is C48H84NO10P. The van der Waals surface area contributed by atoms with E-state index in [0.717, 1.165) is 96.3 Å². The molecule has 0 radical (unpaired) electrons. The Labute approximate surface area is 364 Å². The molecule has 0 saturated carbocycles. The van der Waals surface area contributed by atoms with Crippen molar-refractivity contribution >= 4 is 25.7 Å². The van der Waals surface area contributed by atoms with Crippen molar-refractivity contribution < 1.29 is 47.8 Å². The Morgan fingerprint density at radius 2 is 0.917 bits per heavy atom. The number of esters is 1. The van der Waals surface area contributed by atoms with Crippen molar-refractivity contribution in [3.63, 3.8) is 0 Å². The number of unbranched alkanes of at least 4 members (excludes halogenated alkanes) is 19. The number of ether oxygens (including phenoxy) is 1. The zero-order valence-corrected chi connectivity index (χ0v) is 38.4. The molecule has 1 amide bonds. The fourth-order valence-corrected chi connectivity index (χ4v) is 6.89. The number of aliphatic hydroxyl groups is 1. The van der Waals surface area contributed by atoms with Gasteiger partial charge in [-0.05, 0) is 83.5 Å². The van der Waals surface area contributed by atoms with Crippen LogP contribution >= 0.6 is 7.82 Å². The molecule has 0 heterocycles. The number of aliphatic hydroxyl groups excluding tert-OH is 1. The monoisotopic (exact) mass is 866 g/mol. The summed E-state index contributed by atoms with van der Waals surface area (Å²) in [7, 11) is -4.77. The number of hydrogen-bond donors (Lipinski definition) is 4. The molecule has 0 aromatic heterocycles. The fourth-order valence-electron chi connectivity index (χ4n) is 6.12. The number of phosphoric ester groups is 1. The number of aliphatic carboxylic acids is 1. The van der Waals surface area contributed by atoms with Crippen molar-refractivity contribution in [2.45, 2.75) is 206 Å². The van der Waals surface area contributed by atoms with Crippen LogP contribution in [0.3, 0.4) is 0 Å². The van der Waals surface area contributed by atoms with Gasteiger partial charge in [0.2, 0.25) is 5.91 Å². The second kappa shape index (κ2) is 42.9. The van der Waals surface area contributed by atoms with Gasteiger partial charge in [-0.15, -0.1) is 0 Å². The highest BCUT2D eigenvalue weighted by molar-refractivity contribution is 7.47. The Hall–Kier alpha value is -2.82. The summed E-state index contributed by atoms with van der Waals surface area (Å²) < 4.78 is 26.9. The Bertz CT molecular complexity index is 1250.